The molecule has 0 aromatic heterocycles. The molecule has 6 bridgehead atoms. The summed E-state index contributed by atoms with van der Waals surface area (Å²) in [5, 5.41) is 61.2. The fraction of sp³-hybridized carbons (Fsp3) is 0.696. The zero-order chi connectivity index (χ0) is 25.0. The molecule has 8 rings (SSSR count). The number of phenolic OH excluding ortho intramolecular Hbond substituents is 1. The zero-order valence-electron chi connectivity index (χ0n) is 18.8. The summed E-state index contributed by atoms with van der Waals surface area (Å²) in [6, 6.07) is 5.54. The van der Waals surface area contributed by atoms with Crippen LogP contribution in [0.5, 0.6) is 5.75 Å². The molecular formula is C23H28O12. The van der Waals surface area contributed by atoms with Crippen LogP contribution in [0.3, 0.4) is 0 Å². The number of aromatic hydroxyl groups is 1. The lowest BCUT2D eigenvalue weighted by molar-refractivity contribution is -0.424. The number of phenols is 1. The second-order valence-corrected chi connectivity index (χ2v) is 10.4. The first-order valence-corrected chi connectivity index (χ1v) is 11.5. The van der Waals surface area contributed by atoms with Crippen LogP contribution in [0.25, 0.3) is 0 Å². The fourth-order valence-electron chi connectivity index (χ4n) is 6.90. The first-order valence-electron chi connectivity index (χ1n) is 11.5. The van der Waals surface area contributed by atoms with Crippen molar-refractivity contribution >= 4 is 5.97 Å². The van der Waals surface area contributed by atoms with Crippen molar-refractivity contribution < 1.29 is 59.1 Å². The number of rotatable bonds is 6. The number of carbonyl (C=O) groups is 1. The van der Waals surface area contributed by atoms with E-state index in [1.54, 1.807) is 6.92 Å². The van der Waals surface area contributed by atoms with E-state index in [4.69, 9.17) is 23.7 Å². The van der Waals surface area contributed by atoms with Crippen LogP contribution in [0.2, 0.25) is 0 Å². The molecule has 11 atom stereocenters. The number of esters is 1. The zero-order valence-corrected chi connectivity index (χ0v) is 18.8. The average molecular weight is 496 g/mol. The van der Waals surface area contributed by atoms with Crippen molar-refractivity contribution in [1.82, 2.24) is 0 Å². The van der Waals surface area contributed by atoms with Crippen molar-refractivity contribution in [2.75, 3.05) is 13.2 Å². The molecule has 12 heteroatoms. The number of hydrogen-bond acceptors (Lipinski definition) is 12. The van der Waals surface area contributed by atoms with Crippen molar-refractivity contribution in [3.8, 4) is 5.75 Å². The molecule has 7 aliphatic rings. The van der Waals surface area contributed by atoms with Crippen LogP contribution in [0.1, 0.15) is 30.1 Å². The lowest BCUT2D eigenvalue weighted by atomic mass is 9.41. The standard InChI is InChI=1S/C23H28O12/c1-20-8-22(30)13-6-23(20,33-18-16(28)15(27)14(26)12(7-24)32-18)21(13,19(34-20)35-22)9-31-17(29)10-2-4-11(25)5-3-10/h2-5,12-16,18-19,24-28,30H,6-9H2,1H3/t12-,13+,14-,15+,16-,18-,19-,20+,21+,22+,23+/m1/s1. The van der Waals surface area contributed by atoms with Gasteiger partial charge in [-0.15, -0.1) is 0 Å². The van der Waals surface area contributed by atoms with Gasteiger partial charge in [0.2, 0.25) is 0 Å². The topological polar surface area (TPSA) is 185 Å². The fourth-order valence-corrected chi connectivity index (χ4v) is 6.90. The molecule has 1 aromatic carbocycles. The van der Waals surface area contributed by atoms with E-state index in [1.807, 2.05) is 0 Å². The quantitative estimate of drug-likeness (QED) is 0.247. The Labute approximate surface area is 199 Å². The van der Waals surface area contributed by atoms with Crippen LogP contribution in [0.4, 0.5) is 0 Å². The molecule has 35 heavy (non-hydrogen) atoms. The summed E-state index contributed by atoms with van der Waals surface area (Å²) in [5.41, 5.74) is -3.27. The molecule has 4 saturated heterocycles. The Morgan fingerprint density at radius 3 is 2.51 bits per heavy atom. The van der Waals surface area contributed by atoms with Gasteiger partial charge in [0.1, 0.15) is 48.0 Å². The molecule has 4 heterocycles. The Hall–Kier alpha value is -1.87. The number of carbonyl (C=O) groups excluding carboxylic acids is 1. The summed E-state index contributed by atoms with van der Waals surface area (Å²) in [6.45, 7) is 0.878. The van der Waals surface area contributed by atoms with Gasteiger partial charge < -0.3 is 54.3 Å². The molecule has 12 nitrogen and oxygen atoms in total. The van der Waals surface area contributed by atoms with Gasteiger partial charge in [0.25, 0.3) is 0 Å². The number of aliphatic hydroxyl groups excluding tert-OH is 4. The molecule has 7 fully saturated rings. The molecule has 6 N–H and O–H groups in total. The molecule has 3 aliphatic carbocycles. The van der Waals surface area contributed by atoms with E-state index in [2.05, 4.69) is 0 Å². The molecule has 0 unspecified atom stereocenters. The summed E-state index contributed by atoms with van der Waals surface area (Å²) in [7, 11) is 0. The third kappa shape index (κ3) is 2.80. The molecule has 192 valence electrons. The summed E-state index contributed by atoms with van der Waals surface area (Å²) < 4.78 is 29.6. The van der Waals surface area contributed by atoms with Gasteiger partial charge in [-0.1, -0.05) is 0 Å². The van der Waals surface area contributed by atoms with Crippen LogP contribution in [-0.2, 0) is 23.7 Å². The van der Waals surface area contributed by atoms with Crippen molar-refractivity contribution in [3.63, 3.8) is 0 Å². The van der Waals surface area contributed by atoms with Gasteiger partial charge in [-0.05, 0) is 37.6 Å². The summed E-state index contributed by atoms with van der Waals surface area (Å²) in [5.74, 6) is -2.68. The first kappa shape index (κ1) is 23.5. The number of hydrogen-bond donors (Lipinski definition) is 6. The van der Waals surface area contributed by atoms with Crippen LogP contribution < -0.4 is 0 Å². The van der Waals surface area contributed by atoms with E-state index in [0.717, 1.165) is 0 Å². The van der Waals surface area contributed by atoms with Gasteiger partial charge in [-0.2, -0.15) is 0 Å². The maximum Gasteiger partial charge on any atom is 0.338 e. The number of benzene rings is 1. The largest absolute Gasteiger partial charge is 0.508 e. The van der Waals surface area contributed by atoms with E-state index in [0.29, 0.717) is 0 Å². The highest BCUT2D eigenvalue weighted by Gasteiger charge is 2.94. The summed E-state index contributed by atoms with van der Waals surface area (Å²) >= 11 is 0. The van der Waals surface area contributed by atoms with Crippen molar-refractivity contribution in [2.45, 2.75) is 73.8 Å². The van der Waals surface area contributed by atoms with Crippen molar-refractivity contribution in [2.24, 2.45) is 11.3 Å². The van der Waals surface area contributed by atoms with Gasteiger partial charge in [0, 0.05) is 12.3 Å². The predicted octanol–water partition coefficient (Wildman–Crippen LogP) is -1.65. The third-order valence-corrected chi connectivity index (χ3v) is 8.66. The lowest BCUT2D eigenvalue weighted by Crippen LogP contribution is -2.80. The monoisotopic (exact) mass is 496 g/mol. The van der Waals surface area contributed by atoms with Crippen molar-refractivity contribution in [3.05, 3.63) is 29.8 Å². The Balaban J connectivity index is 1.31. The molecule has 0 amide bonds. The molecular weight excluding hydrogens is 468 g/mol. The highest BCUT2D eigenvalue weighted by Crippen LogP contribution is 2.81. The summed E-state index contributed by atoms with van der Waals surface area (Å²) in [6.07, 6.45) is -8.10. The Morgan fingerprint density at radius 2 is 1.83 bits per heavy atom. The molecule has 0 radical (unpaired) electrons. The minimum atomic E-state index is -1.64. The number of aliphatic hydroxyl groups is 5. The second-order valence-electron chi connectivity index (χ2n) is 10.4. The van der Waals surface area contributed by atoms with E-state index >= 15 is 0 Å². The van der Waals surface area contributed by atoms with Crippen LogP contribution in [-0.4, -0.2) is 104 Å². The van der Waals surface area contributed by atoms with Gasteiger partial charge in [-0.25, -0.2) is 4.79 Å². The van der Waals surface area contributed by atoms with Crippen molar-refractivity contribution in [1.29, 1.82) is 0 Å². The second kappa shape index (κ2) is 7.34. The van der Waals surface area contributed by atoms with Gasteiger partial charge >= 0.3 is 5.97 Å². The average Bonchev–Trinajstić information content (AvgIpc) is 3.00. The van der Waals surface area contributed by atoms with Gasteiger partial charge in [-0.3, -0.25) is 0 Å². The van der Waals surface area contributed by atoms with E-state index in [-0.39, 0.29) is 30.8 Å². The van der Waals surface area contributed by atoms with E-state index in [1.165, 1.54) is 24.3 Å². The minimum absolute atomic E-state index is 0.00282. The molecule has 0 spiro atoms. The van der Waals surface area contributed by atoms with Crippen LogP contribution in [0, 0.1) is 11.3 Å². The Kier molecular flexibility index (Phi) is 4.93. The lowest BCUT2D eigenvalue weighted by Gasteiger charge is -2.67. The third-order valence-electron chi connectivity index (χ3n) is 8.66. The Bertz CT molecular complexity index is 1030. The van der Waals surface area contributed by atoms with E-state index in [9.17, 15) is 35.4 Å². The maximum absolute atomic E-state index is 12.7. The molecule has 3 saturated carbocycles. The molecule has 4 aliphatic heterocycles. The van der Waals surface area contributed by atoms with Gasteiger partial charge in [0.05, 0.1) is 17.6 Å². The van der Waals surface area contributed by atoms with Gasteiger partial charge in [0.15, 0.2) is 18.4 Å². The predicted molar refractivity (Wildman–Crippen MR) is 110 cm³/mol. The van der Waals surface area contributed by atoms with Crippen LogP contribution >= 0.6 is 0 Å². The Morgan fingerprint density at radius 1 is 1.11 bits per heavy atom. The first-order chi connectivity index (χ1) is 16.5. The molecule has 1 aromatic rings. The smallest absolute Gasteiger partial charge is 0.338 e. The highest BCUT2D eigenvalue weighted by atomic mass is 16.8. The van der Waals surface area contributed by atoms with E-state index < -0.39 is 77.9 Å². The SMILES string of the molecule is C[C@@]12C[C@]3(O)O[C@@H](O1)[C@]1(COC(=O)c4ccc(O)cc4)[C@@H]3C[C@@]12O[C@H]1O[C@H](CO)[C@@H](O)[C@H](O)[C@H]1O. The minimum Gasteiger partial charge on any atom is -0.508 e. The summed E-state index contributed by atoms with van der Waals surface area (Å²) in [4.78, 5) is 12.7. The van der Waals surface area contributed by atoms with Crippen LogP contribution in [0.15, 0.2) is 24.3 Å². The maximum atomic E-state index is 12.7. The highest BCUT2D eigenvalue weighted by molar-refractivity contribution is 5.89. The number of ether oxygens (including phenoxy) is 5. The normalized spacial score (nSPS) is 51.3.